The fraction of sp³-hybridized carbons (Fsp3) is 0.714. The van der Waals surface area contributed by atoms with E-state index in [4.69, 9.17) is 11.2 Å². The third kappa shape index (κ3) is 6.77. The van der Waals surface area contributed by atoms with Crippen molar-refractivity contribution in [3.8, 4) is 12.3 Å². The molecule has 31 heavy (non-hydrogen) atoms. The number of rotatable bonds is 8. The number of nitrogens with one attached hydrogen (secondary N) is 1. The average Bonchev–Trinajstić information content (AvgIpc) is 3.33. The average molecular weight is 430 g/mol. The van der Waals surface area contributed by atoms with Crippen LogP contribution in [0, 0.1) is 12.3 Å². The van der Waals surface area contributed by atoms with Crippen molar-refractivity contribution in [1.82, 2.24) is 25.2 Å². The van der Waals surface area contributed by atoms with E-state index in [0.717, 1.165) is 19.4 Å². The van der Waals surface area contributed by atoms with Gasteiger partial charge in [-0.2, -0.15) is 10.2 Å². The fourth-order valence-electron chi connectivity index (χ4n) is 3.58. The predicted octanol–water partition coefficient (Wildman–Crippen LogP) is 2.82. The van der Waals surface area contributed by atoms with Crippen molar-refractivity contribution in [1.29, 1.82) is 0 Å². The van der Waals surface area contributed by atoms with E-state index in [1.807, 2.05) is 31.9 Å². The zero-order valence-electron chi connectivity index (χ0n) is 18.5. The van der Waals surface area contributed by atoms with Crippen LogP contribution in [0.2, 0.25) is 0 Å². The van der Waals surface area contributed by atoms with E-state index in [9.17, 15) is 9.59 Å². The highest BCUT2D eigenvalue weighted by molar-refractivity contribution is 5.76. The van der Waals surface area contributed by atoms with Gasteiger partial charge in [-0.25, -0.2) is 9.48 Å². The first-order valence-electron chi connectivity index (χ1n) is 10.7. The summed E-state index contributed by atoms with van der Waals surface area (Å²) in [7, 11) is 0. The minimum atomic E-state index is -0.553. The van der Waals surface area contributed by atoms with Crippen molar-refractivity contribution < 1.29 is 14.3 Å². The van der Waals surface area contributed by atoms with Crippen molar-refractivity contribution in [2.45, 2.75) is 83.1 Å². The summed E-state index contributed by atoms with van der Waals surface area (Å²) in [4.78, 5) is 26.4. The molecule has 168 valence electrons. The number of carbonyl (C=O) groups is 2. The summed E-state index contributed by atoms with van der Waals surface area (Å²) in [5, 5.41) is 19.2. The third-order valence-electron chi connectivity index (χ3n) is 5.29. The number of amides is 2. The van der Waals surface area contributed by atoms with Gasteiger partial charge in [0.2, 0.25) is 5.91 Å². The lowest BCUT2D eigenvalue weighted by atomic mass is 10.0. The molecular formula is C21H31N7O3. The molecule has 1 aromatic rings. The third-order valence-corrected chi connectivity index (χ3v) is 5.29. The number of alkyl carbamates (subject to hydrolysis) is 1. The minimum absolute atomic E-state index is 0.0613. The van der Waals surface area contributed by atoms with Gasteiger partial charge >= 0.3 is 6.09 Å². The number of terminal acetylenes is 1. The molecule has 2 aliphatic rings. The first-order chi connectivity index (χ1) is 14.7. The van der Waals surface area contributed by atoms with Crippen molar-refractivity contribution in [2.75, 3.05) is 13.1 Å². The Labute approximate surface area is 182 Å². The van der Waals surface area contributed by atoms with E-state index in [-0.39, 0.29) is 18.5 Å². The first-order valence-corrected chi connectivity index (χ1v) is 10.7. The van der Waals surface area contributed by atoms with Gasteiger partial charge in [-0.15, -0.1) is 17.4 Å². The van der Waals surface area contributed by atoms with Gasteiger partial charge in [-0.1, -0.05) is 5.21 Å². The molecule has 1 atom stereocenters. The van der Waals surface area contributed by atoms with Gasteiger partial charge in [0.05, 0.1) is 18.8 Å². The van der Waals surface area contributed by atoms with E-state index >= 15 is 0 Å². The van der Waals surface area contributed by atoms with Crippen LogP contribution in [0.5, 0.6) is 0 Å². The maximum absolute atomic E-state index is 12.7. The Morgan fingerprint density at radius 2 is 2.13 bits per heavy atom. The number of aromatic nitrogens is 3. The fourth-order valence-corrected chi connectivity index (χ4v) is 3.58. The number of piperidine rings is 1. The van der Waals surface area contributed by atoms with Gasteiger partial charge in [0.1, 0.15) is 11.3 Å². The molecule has 2 amide bonds. The van der Waals surface area contributed by atoms with Crippen LogP contribution >= 0.6 is 0 Å². The molecule has 2 aliphatic heterocycles. The van der Waals surface area contributed by atoms with E-state index in [0.29, 0.717) is 37.9 Å². The Balaban J connectivity index is 1.46. The molecule has 1 N–H and O–H groups in total. The Kier molecular flexibility index (Phi) is 6.93. The van der Waals surface area contributed by atoms with Crippen molar-refractivity contribution in [2.24, 2.45) is 10.2 Å². The maximum Gasteiger partial charge on any atom is 0.407 e. The van der Waals surface area contributed by atoms with Crippen LogP contribution in [0.1, 0.15) is 71.0 Å². The van der Waals surface area contributed by atoms with Crippen LogP contribution in [0.25, 0.3) is 0 Å². The van der Waals surface area contributed by atoms with Crippen molar-refractivity contribution in [3.63, 3.8) is 0 Å². The highest BCUT2D eigenvalue weighted by atomic mass is 16.6. The summed E-state index contributed by atoms with van der Waals surface area (Å²) in [5.41, 5.74) is -0.344. The van der Waals surface area contributed by atoms with Gasteiger partial charge in [-0.05, 0) is 33.6 Å². The maximum atomic E-state index is 12.7. The van der Waals surface area contributed by atoms with E-state index in [2.05, 4.69) is 31.8 Å². The molecule has 0 bridgehead atoms. The van der Waals surface area contributed by atoms with E-state index in [1.165, 1.54) is 0 Å². The lowest BCUT2D eigenvalue weighted by molar-refractivity contribution is -0.133. The Morgan fingerprint density at radius 3 is 2.81 bits per heavy atom. The zero-order chi connectivity index (χ0) is 22.5. The second kappa shape index (κ2) is 9.45. The monoisotopic (exact) mass is 429 g/mol. The first kappa shape index (κ1) is 22.7. The lowest BCUT2D eigenvalue weighted by Gasteiger charge is -2.32. The molecule has 1 fully saturated rings. The molecule has 1 saturated heterocycles. The molecule has 0 saturated carbocycles. The summed E-state index contributed by atoms with van der Waals surface area (Å²) >= 11 is 0. The van der Waals surface area contributed by atoms with Gasteiger partial charge in [0.15, 0.2) is 5.66 Å². The normalized spacial score (nSPS) is 19.5. The van der Waals surface area contributed by atoms with Crippen LogP contribution in [0.3, 0.4) is 0 Å². The smallest absolute Gasteiger partial charge is 0.407 e. The van der Waals surface area contributed by atoms with Crippen LogP contribution in [-0.4, -0.2) is 56.2 Å². The quantitative estimate of drug-likeness (QED) is 0.638. The number of ether oxygens (including phenoxy) is 1. The molecule has 3 heterocycles. The number of likely N-dealkylation sites (tertiary alicyclic amines) is 1. The SMILES string of the molecule is C#CCCC1(CCC(=O)N2CCCC(n3cc(CNC(=O)OC(C)(C)C)nn3)C2)N=N1. The van der Waals surface area contributed by atoms with Crippen LogP contribution in [0.15, 0.2) is 16.4 Å². The van der Waals surface area contributed by atoms with Crippen LogP contribution in [0.4, 0.5) is 4.79 Å². The van der Waals surface area contributed by atoms with Crippen molar-refractivity contribution in [3.05, 3.63) is 11.9 Å². The molecule has 10 nitrogen and oxygen atoms in total. The summed E-state index contributed by atoms with van der Waals surface area (Å²) in [6, 6.07) is 0.0613. The summed E-state index contributed by atoms with van der Waals surface area (Å²) in [6.45, 7) is 6.99. The number of hydrogen-bond acceptors (Lipinski definition) is 7. The minimum Gasteiger partial charge on any atom is -0.444 e. The molecule has 0 aliphatic carbocycles. The van der Waals surface area contributed by atoms with Crippen LogP contribution in [-0.2, 0) is 16.1 Å². The highest BCUT2D eigenvalue weighted by Crippen LogP contribution is 2.38. The molecule has 1 aromatic heterocycles. The lowest BCUT2D eigenvalue weighted by Crippen LogP contribution is -2.41. The van der Waals surface area contributed by atoms with Gasteiger partial charge in [0.25, 0.3) is 0 Å². The number of hydrogen-bond donors (Lipinski definition) is 1. The summed E-state index contributed by atoms with van der Waals surface area (Å²) in [5.74, 6) is 2.71. The Bertz CT molecular complexity index is 859. The molecule has 0 aromatic carbocycles. The number of carbonyl (C=O) groups excluding carboxylic acids is 2. The topological polar surface area (TPSA) is 114 Å². The summed E-state index contributed by atoms with van der Waals surface area (Å²) < 4.78 is 7.01. The Morgan fingerprint density at radius 1 is 1.35 bits per heavy atom. The predicted molar refractivity (Wildman–Crippen MR) is 113 cm³/mol. The highest BCUT2D eigenvalue weighted by Gasteiger charge is 2.40. The van der Waals surface area contributed by atoms with Gasteiger partial charge in [-0.3, -0.25) is 4.79 Å². The molecular weight excluding hydrogens is 398 g/mol. The zero-order valence-corrected chi connectivity index (χ0v) is 18.5. The molecule has 0 radical (unpaired) electrons. The molecule has 10 heteroatoms. The molecule has 3 rings (SSSR count). The standard InChI is InChI=1S/C21H31N7O3/c1-5-6-10-21(24-25-21)11-9-18(29)27-12-7-8-17(15-27)28-14-16(23-26-28)13-22-19(30)31-20(2,3)4/h1,14,17H,6-13,15H2,2-4H3,(H,22,30). The van der Waals surface area contributed by atoms with Crippen molar-refractivity contribution >= 4 is 12.0 Å². The second-order valence-corrected chi connectivity index (χ2v) is 9.07. The van der Waals surface area contributed by atoms with E-state index < -0.39 is 17.4 Å². The van der Waals surface area contributed by atoms with Gasteiger partial charge < -0.3 is 15.0 Å². The van der Waals surface area contributed by atoms with Crippen LogP contribution < -0.4 is 5.32 Å². The number of nitrogens with zero attached hydrogens (tertiary/aromatic N) is 6. The van der Waals surface area contributed by atoms with E-state index in [1.54, 1.807) is 4.68 Å². The van der Waals surface area contributed by atoms with Gasteiger partial charge in [0, 0.05) is 38.8 Å². The molecule has 1 unspecified atom stereocenters. The summed E-state index contributed by atoms with van der Waals surface area (Å²) in [6.07, 6.45) is 10.8. The second-order valence-electron chi connectivity index (χ2n) is 9.07. The Hall–Kier alpha value is -2.96. The largest absolute Gasteiger partial charge is 0.444 e. The molecule has 0 spiro atoms.